The molecule has 2 aromatic carbocycles. The minimum Gasteiger partial charge on any atom is -0.507 e. The van der Waals surface area contributed by atoms with Gasteiger partial charge in [0, 0.05) is 35.8 Å². The molecule has 9 heteroatoms. The Bertz CT molecular complexity index is 1140. The van der Waals surface area contributed by atoms with E-state index in [1.54, 1.807) is 0 Å². The van der Waals surface area contributed by atoms with E-state index in [9.17, 15) is 18.6 Å². The quantitative estimate of drug-likeness (QED) is 0.329. The van der Waals surface area contributed by atoms with E-state index in [4.69, 9.17) is 4.74 Å². The number of phenols is 1. The normalized spacial score (nSPS) is 12.9. The first-order chi connectivity index (χ1) is 14.2. The van der Waals surface area contributed by atoms with Gasteiger partial charge in [0.2, 0.25) is 10.0 Å². The highest BCUT2D eigenvalue weighted by atomic mass is 32.2. The molecule has 0 radical (unpaired) electrons. The van der Waals surface area contributed by atoms with Crippen LogP contribution in [0.1, 0.15) is 22.9 Å². The number of nitrogens with one attached hydrogen (secondary N) is 3. The van der Waals surface area contributed by atoms with Crippen LogP contribution in [0.2, 0.25) is 0 Å². The largest absolute Gasteiger partial charge is 0.507 e. The summed E-state index contributed by atoms with van der Waals surface area (Å²) in [6.07, 6.45) is -0.933. The van der Waals surface area contributed by atoms with Crippen molar-refractivity contribution in [1.82, 2.24) is 15.0 Å². The van der Waals surface area contributed by atoms with Crippen LogP contribution in [0, 0.1) is 13.8 Å². The fourth-order valence-electron chi connectivity index (χ4n) is 3.20. The summed E-state index contributed by atoms with van der Waals surface area (Å²) in [6.45, 7) is 5.23. The Morgan fingerprint density at radius 2 is 1.93 bits per heavy atom. The van der Waals surface area contributed by atoms with Gasteiger partial charge in [-0.2, -0.15) is 0 Å². The number of H-pyrrole nitrogens is 1. The summed E-state index contributed by atoms with van der Waals surface area (Å²) in [6, 6.07) is 9.93. The molecule has 3 aromatic rings. The molecule has 0 spiro atoms. The van der Waals surface area contributed by atoms with Crippen molar-refractivity contribution < 1.29 is 23.4 Å². The molecule has 1 heterocycles. The van der Waals surface area contributed by atoms with Gasteiger partial charge in [0.15, 0.2) is 0 Å². The molecule has 0 saturated heterocycles. The molecular weight excluding hydrogens is 406 g/mol. The standard InChI is InChI=1S/C21H27N3O5S/c1-13-14(2)24-18-11-16(5-6-17(13)18)29-9-8-23-12-20(26)15-4-7-19(25)21(10-15)30(27,28)22-3/h4-7,10-11,20,22-26H,8-9,12H2,1-3H3/t20-/m0/s1. The van der Waals surface area contributed by atoms with Gasteiger partial charge in [-0.1, -0.05) is 6.07 Å². The minimum atomic E-state index is -3.82. The van der Waals surface area contributed by atoms with Gasteiger partial charge in [0.25, 0.3) is 0 Å². The van der Waals surface area contributed by atoms with Gasteiger partial charge in [0.05, 0.1) is 6.10 Å². The number of ether oxygens (including phenoxy) is 1. The number of aromatic nitrogens is 1. The predicted molar refractivity (Wildman–Crippen MR) is 115 cm³/mol. The molecule has 162 valence electrons. The van der Waals surface area contributed by atoms with E-state index in [-0.39, 0.29) is 17.2 Å². The second-order valence-electron chi connectivity index (χ2n) is 7.09. The van der Waals surface area contributed by atoms with Crippen molar-refractivity contribution in [1.29, 1.82) is 0 Å². The van der Waals surface area contributed by atoms with Crippen molar-refractivity contribution in [2.24, 2.45) is 0 Å². The summed E-state index contributed by atoms with van der Waals surface area (Å²) in [5.74, 6) is 0.387. The van der Waals surface area contributed by atoms with Crippen molar-refractivity contribution in [2.75, 3.05) is 26.7 Å². The molecule has 0 aliphatic rings. The molecule has 30 heavy (non-hydrogen) atoms. The van der Waals surface area contributed by atoms with E-state index in [1.165, 1.54) is 36.2 Å². The summed E-state index contributed by atoms with van der Waals surface area (Å²) >= 11 is 0. The van der Waals surface area contributed by atoms with Gasteiger partial charge in [-0.3, -0.25) is 0 Å². The monoisotopic (exact) mass is 433 g/mol. The maximum absolute atomic E-state index is 11.9. The second-order valence-corrected chi connectivity index (χ2v) is 8.94. The predicted octanol–water partition coefficient (Wildman–Crippen LogP) is 2.10. The third-order valence-electron chi connectivity index (χ3n) is 5.09. The highest BCUT2D eigenvalue weighted by molar-refractivity contribution is 7.89. The minimum absolute atomic E-state index is 0.210. The summed E-state index contributed by atoms with van der Waals surface area (Å²) < 4.78 is 31.8. The number of aryl methyl sites for hydroxylation is 2. The van der Waals surface area contributed by atoms with Crippen LogP contribution in [-0.2, 0) is 10.0 Å². The number of phenolic OH excluding ortho intramolecular Hbond substituents is 1. The number of rotatable bonds is 9. The lowest BCUT2D eigenvalue weighted by Gasteiger charge is -2.14. The number of fused-ring (bicyclic) bond motifs is 1. The van der Waals surface area contributed by atoms with E-state index in [1.807, 2.05) is 25.1 Å². The van der Waals surface area contributed by atoms with Crippen molar-refractivity contribution >= 4 is 20.9 Å². The molecule has 0 bridgehead atoms. The SMILES string of the molecule is CNS(=O)(=O)c1cc([C@@H](O)CNCCOc2ccc3c(C)c(C)[nH]c3c2)ccc1O. The lowest BCUT2D eigenvalue weighted by molar-refractivity contribution is 0.171. The van der Waals surface area contributed by atoms with Crippen molar-refractivity contribution in [2.45, 2.75) is 24.8 Å². The lowest BCUT2D eigenvalue weighted by Crippen LogP contribution is -2.26. The first-order valence-electron chi connectivity index (χ1n) is 9.60. The molecule has 5 N–H and O–H groups in total. The van der Waals surface area contributed by atoms with Crippen molar-refractivity contribution in [3.05, 3.63) is 53.2 Å². The number of aromatic amines is 1. The van der Waals surface area contributed by atoms with E-state index in [2.05, 4.69) is 21.9 Å². The topological polar surface area (TPSA) is 124 Å². The van der Waals surface area contributed by atoms with Crippen LogP contribution in [0.3, 0.4) is 0 Å². The molecule has 3 rings (SSSR count). The average Bonchev–Trinajstić information content (AvgIpc) is 3.01. The fourth-order valence-corrected chi connectivity index (χ4v) is 4.06. The Balaban J connectivity index is 1.51. The number of benzene rings is 2. The Kier molecular flexibility index (Phi) is 6.67. The number of aliphatic hydroxyl groups is 1. The molecule has 8 nitrogen and oxygen atoms in total. The van der Waals surface area contributed by atoms with E-state index >= 15 is 0 Å². The van der Waals surface area contributed by atoms with E-state index in [0.29, 0.717) is 18.7 Å². The van der Waals surface area contributed by atoms with Crippen LogP contribution in [-0.4, -0.2) is 50.4 Å². The first kappa shape index (κ1) is 22.1. The van der Waals surface area contributed by atoms with Crippen molar-refractivity contribution in [3.8, 4) is 11.5 Å². The Morgan fingerprint density at radius 3 is 2.67 bits per heavy atom. The molecule has 1 aromatic heterocycles. The summed E-state index contributed by atoms with van der Waals surface area (Å²) in [5.41, 5.74) is 3.79. The van der Waals surface area contributed by atoms with Crippen LogP contribution in [0.5, 0.6) is 11.5 Å². The number of sulfonamides is 1. The smallest absolute Gasteiger partial charge is 0.243 e. The average molecular weight is 434 g/mol. The molecule has 0 unspecified atom stereocenters. The summed E-state index contributed by atoms with van der Waals surface area (Å²) in [5, 5.41) is 24.4. The van der Waals surface area contributed by atoms with Gasteiger partial charge < -0.3 is 25.3 Å². The van der Waals surface area contributed by atoms with Gasteiger partial charge in [0.1, 0.15) is 23.0 Å². The van der Waals surface area contributed by atoms with E-state index < -0.39 is 16.1 Å². The molecule has 0 saturated carbocycles. The molecule has 0 aliphatic carbocycles. The maximum Gasteiger partial charge on any atom is 0.243 e. The molecule has 0 fully saturated rings. The van der Waals surface area contributed by atoms with E-state index in [0.717, 1.165) is 17.0 Å². The third kappa shape index (κ3) is 4.76. The van der Waals surface area contributed by atoms with Crippen molar-refractivity contribution in [3.63, 3.8) is 0 Å². The second kappa shape index (κ2) is 9.05. The number of hydrogen-bond donors (Lipinski definition) is 5. The lowest BCUT2D eigenvalue weighted by atomic mass is 10.1. The summed E-state index contributed by atoms with van der Waals surface area (Å²) in [4.78, 5) is 3.06. The number of aromatic hydroxyl groups is 1. The Hall–Kier alpha value is -2.59. The molecule has 1 atom stereocenters. The Labute approximate surface area is 175 Å². The third-order valence-corrected chi connectivity index (χ3v) is 6.54. The van der Waals surface area contributed by atoms with Crippen LogP contribution in [0.15, 0.2) is 41.3 Å². The highest BCUT2D eigenvalue weighted by Gasteiger charge is 2.19. The number of hydrogen-bond acceptors (Lipinski definition) is 6. The van der Waals surface area contributed by atoms with Crippen LogP contribution in [0.4, 0.5) is 0 Å². The van der Waals surface area contributed by atoms with Crippen LogP contribution in [0.25, 0.3) is 10.9 Å². The molecule has 0 aliphatic heterocycles. The zero-order chi connectivity index (χ0) is 21.9. The number of aliphatic hydroxyl groups excluding tert-OH is 1. The first-order valence-corrected chi connectivity index (χ1v) is 11.1. The molecule has 0 amide bonds. The summed E-state index contributed by atoms with van der Waals surface area (Å²) in [7, 11) is -2.56. The van der Waals surface area contributed by atoms with Crippen LogP contribution >= 0.6 is 0 Å². The van der Waals surface area contributed by atoms with Crippen LogP contribution < -0.4 is 14.8 Å². The zero-order valence-electron chi connectivity index (χ0n) is 17.2. The Morgan fingerprint density at radius 1 is 1.17 bits per heavy atom. The van der Waals surface area contributed by atoms with Gasteiger partial charge in [-0.15, -0.1) is 0 Å². The maximum atomic E-state index is 11.9. The van der Waals surface area contributed by atoms with Gasteiger partial charge in [-0.25, -0.2) is 13.1 Å². The zero-order valence-corrected chi connectivity index (χ0v) is 18.0. The molecular formula is C21H27N3O5S. The van der Waals surface area contributed by atoms with Gasteiger partial charge >= 0.3 is 0 Å². The van der Waals surface area contributed by atoms with Gasteiger partial charge in [-0.05, 0) is 56.3 Å². The fraction of sp³-hybridized carbons (Fsp3) is 0.333. The highest BCUT2D eigenvalue weighted by Crippen LogP contribution is 2.27.